The van der Waals surface area contributed by atoms with Crippen LogP contribution in [0.4, 0.5) is 5.69 Å². The monoisotopic (exact) mass is 233 g/mol. The van der Waals surface area contributed by atoms with E-state index < -0.39 is 0 Å². The number of aliphatic hydroxyl groups is 1. The number of anilines is 1. The molecule has 1 aromatic rings. The van der Waals surface area contributed by atoms with Gasteiger partial charge < -0.3 is 10.4 Å². The molecule has 0 aliphatic carbocycles. The van der Waals surface area contributed by atoms with Gasteiger partial charge in [-0.2, -0.15) is 5.26 Å². The Hall–Kier alpha value is -1.60. The Bertz CT molecular complexity index is 435. The van der Waals surface area contributed by atoms with E-state index in [0.717, 1.165) is 17.1 Å². The first kappa shape index (κ1) is 13.5. The zero-order valence-electron chi connectivity index (χ0n) is 10.8. The highest BCUT2D eigenvalue weighted by Gasteiger charge is 2.15. The molecule has 1 heterocycles. The summed E-state index contributed by atoms with van der Waals surface area (Å²) in [6.07, 6.45) is 0. The molecule has 92 valence electrons. The lowest BCUT2D eigenvalue weighted by atomic mass is 10.0. The highest BCUT2D eigenvalue weighted by Crippen LogP contribution is 2.21. The summed E-state index contributed by atoms with van der Waals surface area (Å²) < 4.78 is 0. The third kappa shape index (κ3) is 3.18. The van der Waals surface area contributed by atoms with Gasteiger partial charge in [0.1, 0.15) is 6.07 Å². The number of aliphatic hydroxyl groups excluding tert-OH is 1. The van der Waals surface area contributed by atoms with Gasteiger partial charge in [-0.25, -0.2) is 0 Å². The quantitative estimate of drug-likeness (QED) is 0.834. The molecule has 1 atom stereocenters. The molecule has 0 amide bonds. The summed E-state index contributed by atoms with van der Waals surface area (Å²) in [5.74, 6) is 0.292. The Labute approximate surface area is 102 Å². The molecule has 0 aliphatic heterocycles. The van der Waals surface area contributed by atoms with Crippen LogP contribution in [-0.2, 0) is 0 Å². The lowest BCUT2D eigenvalue weighted by molar-refractivity contribution is 0.249. The van der Waals surface area contributed by atoms with E-state index in [-0.39, 0.29) is 12.6 Å². The molecule has 0 saturated heterocycles. The zero-order chi connectivity index (χ0) is 13.0. The van der Waals surface area contributed by atoms with E-state index in [4.69, 9.17) is 5.26 Å². The molecular weight excluding hydrogens is 214 g/mol. The van der Waals surface area contributed by atoms with Crippen LogP contribution in [-0.4, -0.2) is 22.7 Å². The van der Waals surface area contributed by atoms with Gasteiger partial charge in [0.15, 0.2) is 0 Å². The van der Waals surface area contributed by atoms with Crippen molar-refractivity contribution in [3.05, 3.63) is 23.0 Å². The second-order valence-electron chi connectivity index (χ2n) is 4.56. The molecule has 1 rings (SSSR count). The molecule has 0 aromatic carbocycles. The number of hydrogen-bond acceptors (Lipinski definition) is 4. The molecule has 4 nitrogen and oxygen atoms in total. The van der Waals surface area contributed by atoms with Gasteiger partial charge >= 0.3 is 0 Å². The van der Waals surface area contributed by atoms with Crippen molar-refractivity contribution >= 4 is 5.69 Å². The average molecular weight is 233 g/mol. The number of nitriles is 1. The van der Waals surface area contributed by atoms with Crippen LogP contribution < -0.4 is 5.32 Å². The summed E-state index contributed by atoms with van der Waals surface area (Å²) >= 11 is 0. The van der Waals surface area contributed by atoms with Crippen LogP contribution in [0.2, 0.25) is 0 Å². The van der Waals surface area contributed by atoms with Crippen LogP contribution in [0.15, 0.2) is 6.07 Å². The maximum Gasteiger partial charge on any atom is 0.103 e. The van der Waals surface area contributed by atoms with Gasteiger partial charge in [-0.1, -0.05) is 13.8 Å². The standard InChI is InChI=1S/C13H19N3O/c1-8(2)13(7-17)16-12-5-9(3)15-10(4)11(12)6-14/h5,8,13,17H,7H2,1-4H3,(H,15,16). The molecule has 1 aromatic heterocycles. The fourth-order valence-electron chi connectivity index (χ4n) is 1.71. The number of nitrogens with zero attached hydrogens (tertiary/aromatic N) is 2. The van der Waals surface area contributed by atoms with E-state index in [2.05, 4.69) is 16.4 Å². The number of pyridine rings is 1. The SMILES string of the molecule is Cc1cc(NC(CO)C(C)C)c(C#N)c(C)n1. The lowest BCUT2D eigenvalue weighted by Gasteiger charge is -2.22. The minimum atomic E-state index is -0.0525. The topological polar surface area (TPSA) is 68.9 Å². The van der Waals surface area contributed by atoms with Crippen molar-refractivity contribution in [2.45, 2.75) is 33.7 Å². The molecule has 0 spiro atoms. The number of rotatable bonds is 4. The Balaban J connectivity index is 3.09. The molecule has 17 heavy (non-hydrogen) atoms. The minimum absolute atomic E-state index is 0.0446. The van der Waals surface area contributed by atoms with E-state index in [1.165, 1.54) is 0 Å². The fourth-order valence-corrected chi connectivity index (χ4v) is 1.71. The van der Waals surface area contributed by atoms with Crippen LogP contribution in [0.1, 0.15) is 30.8 Å². The first-order valence-electron chi connectivity index (χ1n) is 5.75. The summed E-state index contributed by atoms with van der Waals surface area (Å²) in [6.45, 7) is 7.81. The van der Waals surface area contributed by atoms with Gasteiger partial charge in [-0.05, 0) is 25.8 Å². The Morgan fingerprint density at radius 3 is 2.59 bits per heavy atom. The van der Waals surface area contributed by atoms with E-state index in [0.29, 0.717) is 11.5 Å². The molecule has 0 saturated carbocycles. The van der Waals surface area contributed by atoms with Crippen LogP contribution in [0.25, 0.3) is 0 Å². The van der Waals surface area contributed by atoms with Gasteiger partial charge in [0.05, 0.1) is 29.6 Å². The highest BCUT2D eigenvalue weighted by atomic mass is 16.3. The number of hydrogen-bond donors (Lipinski definition) is 2. The van der Waals surface area contributed by atoms with E-state index in [1.807, 2.05) is 33.8 Å². The Morgan fingerprint density at radius 1 is 1.47 bits per heavy atom. The molecule has 0 fully saturated rings. The Morgan fingerprint density at radius 2 is 2.12 bits per heavy atom. The van der Waals surface area contributed by atoms with Crippen molar-refractivity contribution < 1.29 is 5.11 Å². The molecule has 0 radical (unpaired) electrons. The second kappa shape index (κ2) is 5.65. The van der Waals surface area contributed by atoms with E-state index >= 15 is 0 Å². The van der Waals surface area contributed by atoms with Crippen molar-refractivity contribution in [1.29, 1.82) is 5.26 Å². The van der Waals surface area contributed by atoms with Gasteiger partial charge in [-0.3, -0.25) is 4.98 Å². The largest absolute Gasteiger partial charge is 0.394 e. The van der Waals surface area contributed by atoms with Crippen molar-refractivity contribution in [2.24, 2.45) is 5.92 Å². The summed E-state index contributed by atoms with van der Waals surface area (Å²) in [5, 5.41) is 21.6. The molecule has 4 heteroatoms. The molecular formula is C13H19N3O. The van der Waals surface area contributed by atoms with E-state index in [9.17, 15) is 5.11 Å². The number of nitrogens with one attached hydrogen (secondary N) is 1. The maximum atomic E-state index is 9.30. The van der Waals surface area contributed by atoms with Crippen LogP contribution in [0, 0.1) is 31.1 Å². The van der Waals surface area contributed by atoms with Crippen LogP contribution in [0.3, 0.4) is 0 Å². The Kier molecular flexibility index (Phi) is 4.47. The van der Waals surface area contributed by atoms with E-state index in [1.54, 1.807) is 0 Å². The van der Waals surface area contributed by atoms with Crippen molar-refractivity contribution in [2.75, 3.05) is 11.9 Å². The predicted molar refractivity (Wildman–Crippen MR) is 67.8 cm³/mol. The van der Waals surface area contributed by atoms with Crippen molar-refractivity contribution in [1.82, 2.24) is 4.98 Å². The number of aromatic nitrogens is 1. The third-order valence-electron chi connectivity index (χ3n) is 2.78. The molecule has 0 aliphatic rings. The summed E-state index contributed by atoms with van der Waals surface area (Å²) in [6, 6.07) is 3.94. The summed E-state index contributed by atoms with van der Waals surface area (Å²) in [5.41, 5.74) is 2.89. The highest BCUT2D eigenvalue weighted by molar-refractivity contribution is 5.60. The van der Waals surface area contributed by atoms with Crippen LogP contribution >= 0.6 is 0 Å². The van der Waals surface area contributed by atoms with Gasteiger partial charge in [0, 0.05) is 5.69 Å². The smallest absolute Gasteiger partial charge is 0.103 e. The van der Waals surface area contributed by atoms with Gasteiger partial charge in [-0.15, -0.1) is 0 Å². The van der Waals surface area contributed by atoms with Crippen molar-refractivity contribution in [3.8, 4) is 6.07 Å². The lowest BCUT2D eigenvalue weighted by Crippen LogP contribution is -2.30. The molecule has 2 N–H and O–H groups in total. The minimum Gasteiger partial charge on any atom is -0.394 e. The van der Waals surface area contributed by atoms with Crippen molar-refractivity contribution in [3.63, 3.8) is 0 Å². The third-order valence-corrected chi connectivity index (χ3v) is 2.78. The molecule has 1 unspecified atom stereocenters. The normalized spacial score (nSPS) is 12.3. The summed E-state index contributed by atoms with van der Waals surface area (Å²) in [4.78, 5) is 4.26. The fraction of sp³-hybridized carbons (Fsp3) is 0.538. The molecule has 0 bridgehead atoms. The number of aryl methyl sites for hydroxylation is 2. The second-order valence-corrected chi connectivity index (χ2v) is 4.56. The van der Waals surface area contributed by atoms with Gasteiger partial charge in [0.2, 0.25) is 0 Å². The first-order chi connectivity index (χ1) is 7.99. The zero-order valence-corrected chi connectivity index (χ0v) is 10.8. The average Bonchev–Trinajstić information content (AvgIpc) is 2.24. The predicted octanol–water partition coefficient (Wildman–Crippen LogP) is 2.00. The van der Waals surface area contributed by atoms with Gasteiger partial charge in [0.25, 0.3) is 0 Å². The maximum absolute atomic E-state index is 9.30. The summed E-state index contributed by atoms with van der Waals surface area (Å²) in [7, 11) is 0. The van der Waals surface area contributed by atoms with Crippen LogP contribution in [0.5, 0.6) is 0 Å². The first-order valence-corrected chi connectivity index (χ1v) is 5.75.